The molecule has 0 aromatic heterocycles. The lowest BCUT2D eigenvalue weighted by molar-refractivity contribution is -0.120. The van der Waals surface area contributed by atoms with Crippen LogP contribution in [0.5, 0.6) is 11.5 Å². The zero-order valence-electron chi connectivity index (χ0n) is 13.9. The van der Waals surface area contributed by atoms with Crippen LogP contribution in [-0.4, -0.2) is 37.4 Å². The number of amides is 1. The normalized spacial score (nSPS) is 10.3. The standard InChI is InChI=1S/C19H22FNO4/c20-16-4-8-18(9-5-16)25-13-1-12-24-17-6-2-15(3-7-17)14-19(23)21-10-11-22/h2-9,22H,1,10-14H2,(H,21,23). The largest absolute Gasteiger partial charge is 0.493 e. The van der Waals surface area contributed by atoms with E-state index in [-0.39, 0.29) is 31.3 Å². The van der Waals surface area contributed by atoms with Crippen molar-refractivity contribution in [2.75, 3.05) is 26.4 Å². The Morgan fingerprint density at radius 1 is 0.960 bits per heavy atom. The van der Waals surface area contributed by atoms with Crippen LogP contribution in [-0.2, 0) is 11.2 Å². The number of hydrogen-bond acceptors (Lipinski definition) is 4. The van der Waals surface area contributed by atoms with E-state index in [4.69, 9.17) is 14.6 Å². The molecule has 2 N–H and O–H groups in total. The first kappa shape index (κ1) is 18.7. The number of carbonyl (C=O) groups excluding carboxylic acids is 1. The minimum atomic E-state index is -0.287. The molecular weight excluding hydrogens is 325 g/mol. The molecule has 0 fully saturated rings. The highest BCUT2D eigenvalue weighted by Crippen LogP contribution is 2.14. The van der Waals surface area contributed by atoms with Crippen LogP contribution in [0.25, 0.3) is 0 Å². The molecule has 0 spiro atoms. The summed E-state index contributed by atoms with van der Waals surface area (Å²) in [5.74, 6) is 0.942. The van der Waals surface area contributed by atoms with Crippen molar-refractivity contribution >= 4 is 5.91 Å². The summed E-state index contributed by atoms with van der Waals surface area (Å²) in [7, 11) is 0. The molecule has 0 radical (unpaired) electrons. The van der Waals surface area contributed by atoms with Crippen molar-refractivity contribution in [1.29, 1.82) is 0 Å². The van der Waals surface area contributed by atoms with Crippen molar-refractivity contribution in [2.24, 2.45) is 0 Å². The van der Waals surface area contributed by atoms with Gasteiger partial charge in [-0.15, -0.1) is 0 Å². The fraction of sp³-hybridized carbons (Fsp3) is 0.316. The summed E-state index contributed by atoms with van der Waals surface area (Å²) >= 11 is 0. The van der Waals surface area contributed by atoms with E-state index in [1.807, 2.05) is 24.3 Å². The molecule has 2 aromatic rings. The average molecular weight is 347 g/mol. The minimum absolute atomic E-state index is 0.0661. The molecule has 0 saturated carbocycles. The number of ether oxygens (including phenoxy) is 2. The van der Waals surface area contributed by atoms with E-state index in [1.54, 1.807) is 12.1 Å². The maximum absolute atomic E-state index is 12.8. The van der Waals surface area contributed by atoms with Crippen molar-refractivity contribution in [3.63, 3.8) is 0 Å². The zero-order chi connectivity index (χ0) is 17.9. The molecule has 2 aromatic carbocycles. The summed E-state index contributed by atoms with van der Waals surface area (Å²) in [6, 6.07) is 13.2. The molecule has 0 aliphatic heterocycles. The number of benzene rings is 2. The van der Waals surface area contributed by atoms with E-state index < -0.39 is 0 Å². The van der Waals surface area contributed by atoms with Crippen molar-refractivity contribution in [3.8, 4) is 11.5 Å². The first-order chi connectivity index (χ1) is 12.2. The van der Waals surface area contributed by atoms with E-state index in [2.05, 4.69) is 5.32 Å². The van der Waals surface area contributed by atoms with Crippen LogP contribution in [0.3, 0.4) is 0 Å². The van der Waals surface area contributed by atoms with Crippen LogP contribution in [0, 0.1) is 5.82 Å². The number of halogens is 1. The van der Waals surface area contributed by atoms with Gasteiger partial charge >= 0.3 is 0 Å². The Bertz CT molecular complexity index is 643. The molecular formula is C19H22FNO4. The third-order valence-corrected chi connectivity index (χ3v) is 3.36. The Kier molecular flexibility index (Phi) is 7.72. The molecule has 134 valence electrons. The fourth-order valence-electron chi connectivity index (χ4n) is 2.12. The predicted octanol–water partition coefficient (Wildman–Crippen LogP) is 2.32. The summed E-state index contributed by atoms with van der Waals surface area (Å²) in [6.45, 7) is 1.18. The lowest BCUT2D eigenvalue weighted by atomic mass is 10.1. The summed E-state index contributed by atoms with van der Waals surface area (Å²) in [5.41, 5.74) is 0.877. The second-order valence-electron chi connectivity index (χ2n) is 5.40. The van der Waals surface area contributed by atoms with Crippen LogP contribution >= 0.6 is 0 Å². The van der Waals surface area contributed by atoms with Crippen molar-refractivity contribution in [2.45, 2.75) is 12.8 Å². The maximum atomic E-state index is 12.8. The van der Waals surface area contributed by atoms with Crippen LogP contribution in [0.15, 0.2) is 48.5 Å². The number of nitrogens with one attached hydrogen (secondary N) is 1. The van der Waals surface area contributed by atoms with Gasteiger partial charge < -0.3 is 19.9 Å². The molecule has 1 amide bonds. The van der Waals surface area contributed by atoms with Gasteiger partial charge in [-0.1, -0.05) is 12.1 Å². The highest BCUT2D eigenvalue weighted by atomic mass is 19.1. The van der Waals surface area contributed by atoms with Gasteiger partial charge in [0.2, 0.25) is 5.91 Å². The van der Waals surface area contributed by atoms with Gasteiger partial charge in [0.15, 0.2) is 0 Å². The first-order valence-electron chi connectivity index (χ1n) is 8.15. The zero-order valence-corrected chi connectivity index (χ0v) is 13.9. The summed E-state index contributed by atoms with van der Waals surface area (Å²) in [4.78, 5) is 11.5. The smallest absolute Gasteiger partial charge is 0.224 e. The Labute approximate surface area is 146 Å². The average Bonchev–Trinajstić information content (AvgIpc) is 2.62. The van der Waals surface area contributed by atoms with Gasteiger partial charge in [-0.3, -0.25) is 4.79 Å². The first-order valence-corrected chi connectivity index (χ1v) is 8.15. The molecule has 0 aliphatic carbocycles. The Balaban J connectivity index is 1.64. The van der Waals surface area contributed by atoms with Crippen LogP contribution in [0.1, 0.15) is 12.0 Å². The maximum Gasteiger partial charge on any atom is 0.224 e. The third kappa shape index (κ3) is 7.22. The Morgan fingerprint density at radius 2 is 1.52 bits per heavy atom. The molecule has 0 atom stereocenters. The van der Waals surface area contributed by atoms with Crippen molar-refractivity contribution in [3.05, 3.63) is 59.9 Å². The van der Waals surface area contributed by atoms with Crippen molar-refractivity contribution < 1.29 is 23.8 Å². The minimum Gasteiger partial charge on any atom is -0.493 e. The number of rotatable bonds is 10. The molecule has 25 heavy (non-hydrogen) atoms. The van der Waals surface area contributed by atoms with E-state index in [0.29, 0.717) is 25.4 Å². The SMILES string of the molecule is O=C(Cc1ccc(OCCCOc2ccc(F)cc2)cc1)NCCO. The van der Waals surface area contributed by atoms with Gasteiger partial charge in [0.25, 0.3) is 0 Å². The lowest BCUT2D eigenvalue weighted by Crippen LogP contribution is -2.27. The summed E-state index contributed by atoms with van der Waals surface area (Å²) < 4.78 is 23.9. The third-order valence-electron chi connectivity index (χ3n) is 3.36. The van der Waals surface area contributed by atoms with Gasteiger partial charge in [0, 0.05) is 13.0 Å². The predicted molar refractivity (Wildman–Crippen MR) is 92.2 cm³/mol. The van der Waals surface area contributed by atoms with Gasteiger partial charge in [-0.2, -0.15) is 0 Å². The van der Waals surface area contributed by atoms with E-state index in [9.17, 15) is 9.18 Å². The Morgan fingerprint density at radius 3 is 2.08 bits per heavy atom. The molecule has 6 heteroatoms. The lowest BCUT2D eigenvalue weighted by Gasteiger charge is -2.09. The van der Waals surface area contributed by atoms with Gasteiger partial charge in [0.1, 0.15) is 17.3 Å². The number of hydrogen-bond donors (Lipinski definition) is 2. The quantitative estimate of drug-likeness (QED) is 0.647. The Hall–Kier alpha value is -2.60. The van der Waals surface area contributed by atoms with Crippen LogP contribution < -0.4 is 14.8 Å². The highest BCUT2D eigenvalue weighted by molar-refractivity contribution is 5.78. The van der Waals surface area contributed by atoms with E-state index in [0.717, 1.165) is 11.3 Å². The molecule has 0 heterocycles. The molecule has 0 aliphatic rings. The van der Waals surface area contributed by atoms with E-state index in [1.165, 1.54) is 12.1 Å². The highest BCUT2D eigenvalue weighted by Gasteiger charge is 2.03. The van der Waals surface area contributed by atoms with E-state index >= 15 is 0 Å². The topological polar surface area (TPSA) is 67.8 Å². The fourth-order valence-corrected chi connectivity index (χ4v) is 2.12. The second-order valence-corrected chi connectivity index (χ2v) is 5.40. The molecule has 2 rings (SSSR count). The molecule has 5 nitrogen and oxygen atoms in total. The van der Waals surface area contributed by atoms with Crippen LogP contribution in [0.2, 0.25) is 0 Å². The van der Waals surface area contributed by atoms with Crippen LogP contribution in [0.4, 0.5) is 4.39 Å². The number of aliphatic hydroxyl groups excluding tert-OH is 1. The molecule has 0 bridgehead atoms. The molecule has 0 unspecified atom stereocenters. The number of aliphatic hydroxyl groups is 1. The second kappa shape index (κ2) is 10.3. The van der Waals surface area contributed by atoms with Gasteiger partial charge in [-0.05, 0) is 42.0 Å². The summed E-state index contributed by atoms with van der Waals surface area (Å²) in [5, 5.41) is 11.3. The number of carbonyl (C=O) groups is 1. The van der Waals surface area contributed by atoms with Gasteiger partial charge in [0.05, 0.1) is 26.2 Å². The molecule has 0 saturated heterocycles. The monoisotopic (exact) mass is 347 g/mol. The summed E-state index contributed by atoms with van der Waals surface area (Å²) in [6.07, 6.45) is 0.967. The van der Waals surface area contributed by atoms with Gasteiger partial charge in [-0.25, -0.2) is 4.39 Å². The van der Waals surface area contributed by atoms with Crippen molar-refractivity contribution in [1.82, 2.24) is 5.32 Å².